The van der Waals surface area contributed by atoms with Crippen LogP contribution in [-0.4, -0.2) is 63.5 Å². The van der Waals surface area contributed by atoms with E-state index in [1.54, 1.807) is 0 Å². The predicted octanol–water partition coefficient (Wildman–Crippen LogP) is 5.20. The highest BCUT2D eigenvalue weighted by Gasteiger charge is 2.38. The lowest BCUT2D eigenvalue weighted by Gasteiger charge is -2.31. The van der Waals surface area contributed by atoms with Crippen molar-refractivity contribution in [2.45, 2.75) is 43.7 Å². The number of carbonyl (C=O) groups excluding carboxylic acids is 1. The van der Waals surface area contributed by atoms with Crippen LogP contribution in [0, 0.1) is 10.1 Å². The number of likely N-dealkylation sites (tertiary alicyclic amines) is 1. The van der Waals surface area contributed by atoms with Crippen molar-refractivity contribution < 1.29 is 19.2 Å². The van der Waals surface area contributed by atoms with Gasteiger partial charge in [0.15, 0.2) is 11.5 Å². The zero-order chi connectivity index (χ0) is 22.1. The lowest BCUT2D eigenvalue weighted by atomic mass is 10.1. The molecule has 0 aliphatic carbocycles. The Kier molecular flexibility index (Phi) is 10.6. The summed E-state index contributed by atoms with van der Waals surface area (Å²) in [6.45, 7) is 5.22. The molecular formula is C20H29BrN2O5S2. The van der Waals surface area contributed by atoms with Crippen molar-refractivity contribution in [1.29, 1.82) is 0 Å². The van der Waals surface area contributed by atoms with Crippen LogP contribution in [0.3, 0.4) is 0 Å². The molecule has 0 bridgehead atoms. The van der Waals surface area contributed by atoms with Gasteiger partial charge in [0.1, 0.15) is 5.56 Å². The van der Waals surface area contributed by atoms with Crippen LogP contribution in [0.4, 0.5) is 5.69 Å². The number of nitrogens with zero attached hydrogens (tertiary/aromatic N) is 2. The van der Waals surface area contributed by atoms with Gasteiger partial charge in [-0.15, -0.1) is 23.5 Å². The number of benzene rings is 1. The van der Waals surface area contributed by atoms with Gasteiger partial charge in [0, 0.05) is 17.9 Å². The topological polar surface area (TPSA) is 81.9 Å². The molecule has 0 saturated carbocycles. The van der Waals surface area contributed by atoms with Crippen LogP contribution in [0.2, 0.25) is 0 Å². The van der Waals surface area contributed by atoms with Gasteiger partial charge < -0.3 is 14.4 Å². The molecule has 1 aromatic carbocycles. The molecule has 0 N–H and O–H groups in total. The summed E-state index contributed by atoms with van der Waals surface area (Å²) in [6, 6.07) is 2.83. The molecule has 0 aromatic heterocycles. The van der Waals surface area contributed by atoms with E-state index in [1.165, 1.54) is 19.2 Å². The van der Waals surface area contributed by atoms with Crippen molar-refractivity contribution >= 4 is 51.0 Å². The van der Waals surface area contributed by atoms with E-state index >= 15 is 0 Å². The number of nitro benzene ring substituents is 1. The quantitative estimate of drug-likeness (QED) is 0.123. The molecule has 30 heavy (non-hydrogen) atoms. The van der Waals surface area contributed by atoms with Crippen LogP contribution < -0.4 is 9.47 Å². The maximum absolute atomic E-state index is 13.4. The van der Waals surface area contributed by atoms with Gasteiger partial charge in [0.2, 0.25) is 0 Å². The van der Waals surface area contributed by atoms with Crippen molar-refractivity contribution in [3.05, 3.63) is 27.8 Å². The summed E-state index contributed by atoms with van der Waals surface area (Å²) in [4.78, 5) is 26.5. The fourth-order valence-corrected chi connectivity index (χ4v) is 6.56. The first-order chi connectivity index (χ1) is 14.5. The molecular weight excluding hydrogens is 492 g/mol. The number of halogens is 1. The Hall–Kier alpha value is -1.13. The van der Waals surface area contributed by atoms with Gasteiger partial charge in [-0.2, -0.15) is 0 Å². The summed E-state index contributed by atoms with van der Waals surface area (Å²) in [7, 11) is 1.47. The average molecular weight is 521 g/mol. The van der Waals surface area contributed by atoms with Crippen molar-refractivity contribution in [2.24, 2.45) is 0 Å². The number of methoxy groups -OCH3 is 1. The number of nitro groups is 1. The Morgan fingerprint density at radius 2 is 2.03 bits per heavy atom. The molecule has 7 nitrogen and oxygen atoms in total. The highest BCUT2D eigenvalue weighted by molar-refractivity contribution is 9.09. The number of alkyl halides is 1. The van der Waals surface area contributed by atoms with E-state index < -0.39 is 4.92 Å². The number of thioether (sulfide) groups is 2. The second-order valence-corrected chi connectivity index (χ2v) is 10.6. The first-order valence-corrected chi connectivity index (χ1v) is 13.3. The number of ether oxygens (including phenoxy) is 2. The minimum Gasteiger partial charge on any atom is -0.493 e. The molecule has 1 saturated heterocycles. The Bertz CT molecular complexity index is 731. The SMILES string of the molecule is CCSC(SCC)[C@@H]1CCCN1C(=O)c1cc(OC)c(OCCCBr)cc1[N+](=O)[O-]. The van der Waals surface area contributed by atoms with Crippen LogP contribution in [0.15, 0.2) is 12.1 Å². The molecule has 1 atom stereocenters. The number of hydrogen-bond donors (Lipinski definition) is 0. The molecule has 2 rings (SSSR count). The predicted molar refractivity (Wildman–Crippen MR) is 128 cm³/mol. The number of carbonyl (C=O) groups is 1. The van der Waals surface area contributed by atoms with E-state index in [2.05, 4.69) is 29.8 Å². The minimum absolute atomic E-state index is 0.0540. The zero-order valence-electron chi connectivity index (χ0n) is 17.6. The largest absolute Gasteiger partial charge is 0.493 e. The molecule has 1 heterocycles. The molecule has 0 unspecified atom stereocenters. The Morgan fingerprint density at radius 1 is 1.33 bits per heavy atom. The standard InChI is InChI=1S/C20H29BrN2O5S2/c1-4-29-20(30-5-2)15-8-6-10-22(15)19(24)14-12-17(27-3)18(28-11-7-9-21)13-16(14)23(25)26/h12-13,15,20H,4-11H2,1-3H3/t15-/m0/s1. The van der Waals surface area contributed by atoms with Crippen molar-refractivity contribution in [3.63, 3.8) is 0 Å². The fourth-order valence-electron chi connectivity index (χ4n) is 3.46. The summed E-state index contributed by atoms with van der Waals surface area (Å²) >= 11 is 7.00. The van der Waals surface area contributed by atoms with E-state index in [9.17, 15) is 14.9 Å². The third-order valence-corrected chi connectivity index (χ3v) is 8.11. The summed E-state index contributed by atoms with van der Waals surface area (Å²) in [5.41, 5.74) is -0.193. The number of rotatable bonds is 12. The highest BCUT2D eigenvalue weighted by Crippen LogP contribution is 2.39. The lowest BCUT2D eigenvalue weighted by molar-refractivity contribution is -0.385. The van der Waals surface area contributed by atoms with Gasteiger partial charge in [0.05, 0.1) is 35.3 Å². The molecule has 10 heteroatoms. The second-order valence-electron chi connectivity index (χ2n) is 6.66. The van der Waals surface area contributed by atoms with Crippen LogP contribution in [0.5, 0.6) is 11.5 Å². The number of hydrogen-bond acceptors (Lipinski definition) is 7. The molecule has 0 spiro atoms. The van der Waals surface area contributed by atoms with Gasteiger partial charge in [-0.25, -0.2) is 0 Å². The minimum atomic E-state index is -0.520. The van der Waals surface area contributed by atoms with Gasteiger partial charge in [-0.3, -0.25) is 14.9 Å². The number of amides is 1. The van der Waals surface area contributed by atoms with Crippen molar-refractivity contribution in [1.82, 2.24) is 4.90 Å². The Morgan fingerprint density at radius 3 is 2.60 bits per heavy atom. The maximum atomic E-state index is 13.4. The fraction of sp³-hybridized carbons (Fsp3) is 0.650. The van der Waals surface area contributed by atoms with Crippen molar-refractivity contribution in [3.8, 4) is 11.5 Å². The summed E-state index contributed by atoms with van der Waals surface area (Å²) in [5.74, 6) is 2.22. The van der Waals surface area contributed by atoms with Gasteiger partial charge >= 0.3 is 0 Å². The molecule has 0 radical (unpaired) electrons. The van der Waals surface area contributed by atoms with Crippen LogP contribution in [0.1, 0.15) is 43.5 Å². The van der Waals surface area contributed by atoms with E-state index in [-0.39, 0.29) is 33.5 Å². The molecule has 1 amide bonds. The van der Waals surface area contributed by atoms with Crippen LogP contribution in [0.25, 0.3) is 0 Å². The third kappa shape index (κ3) is 6.20. The average Bonchev–Trinajstić information content (AvgIpc) is 3.22. The van der Waals surface area contributed by atoms with Crippen LogP contribution in [-0.2, 0) is 0 Å². The lowest BCUT2D eigenvalue weighted by Crippen LogP contribution is -2.41. The van der Waals surface area contributed by atoms with Crippen molar-refractivity contribution in [2.75, 3.05) is 37.1 Å². The second kappa shape index (κ2) is 12.7. The maximum Gasteiger partial charge on any atom is 0.286 e. The van der Waals surface area contributed by atoms with Gasteiger partial charge in [-0.05, 0) is 30.8 Å². The van der Waals surface area contributed by atoms with E-state index in [1.807, 2.05) is 28.4 Å². The smallest absolute Gasteiger partial charge is 0.286 e. The third-order valence-electron chi connectivity index (χ3n) is 4.78. The normalized spacial score (nSPS) is 16.2. The van der Waals surface area contributed by atoms with E-state index in [0.717, 1.165) is 36.1 Å². The molecule has 1 aromatic rings. The summed E-state index contributed by atoms with van der Waals surface area (Å²) in [6.07, 6.45) is 2.56. The summed E-state index contributed by atoms with van der Waals surface area (Å²) < 4.78 is 11.3. The highest BCUT2D eigenvalue weighted by atomic mass is 79.9. The first-order valence-electron chi connectivity index (χ1n) is 10.1. The zero-order valence-corrected chi connectivity index (χ0v) is 20.8. The molecule has 1 aliphatic rings. The molecule has 168 valence electrons. The Balaban J connectivity index is 2.37. The monoisotopic (exact) mass is 520 g/mol. The van der Waals surface area contributed by atoms with Gasteiger partial charge in [-0.1, -0.05) is 29.8 Å². The molecule has 1 aliphatic heterocycles. The first kappa shape index (κ1) is 25.1. The van der Waals surface area contributed by atoms with Gasteiger partial charge in [0.25, 0.3) is 11.6 Å². The van der Waals surface area contributed by atoms with E-state index in [4.69, 9.17) is 9.47 Å². The van der Waals surface area contributed by atoms with E-state index in [0.29, 0.717) is 18.9 Å². The Labute approximate surface area is 194 Å². The summed E-state index contributed by atoms with van der Waals surface area (Å²) in [5, 5.41) is 12.5. The van der Waals surface area contributed by atoms with Crippen LogP contribution >= 0.6 is 39.5 Å². The molecule has 1 fully saturated rings.